The molecule has 0 saturated heterocycles. The Hall–Kier alpha value is -2.93. The number of nitrogens with zero attached hydrogens (tertiary/aromatic N) is 3. The van der Waals surface area contributed by atoms with Gasteiger partial charge >= 0.3 is 6.03 Å². The molecule has 0 unspecified atom stereocenters. The van der Waals surface area contributed by atoms with E-state index in [1.54, 1.807) is 42.7 Å². The fourth-order valence-electron chi connectivity index (χ4n) is 1.84. The lowest BCUT2D eigenvalue weighted by Crippen LogP contribution is -2.28. The third kappa shape index (κ3) is 4.04. The van der Waals surface area contributed by atoms with Crippen molar-refractivity contribution in [3.63, 3.8) is 0 Å². The van der Waals surface area contributed by atoms with Gasteiger partial charge in [0.05, 0.1) is 6.54 Å². The lowest BCUT2D eigenvalue weighted by molar-refractivity contribution is 0.249. The molecule has 3 rings (SSSR count). The van der Waals surface area contributed by atoms with E-state index in [1.807, 2.05) is 6.07 Å². The number of benzene rings is 1. The van der Waals surface area contributed by atoms with Crippen molar-refractivity contribution >= 4 is 23.3 Å². The molecule has 0 fully saturated rings. The van der Waals surface area contributed by atoms with Gasteiger partial charge < -0.3 is 15.2 Å². The largest absolute Gasteiger partial charge is 0.337 e. The lowest BCUT2D eigenvalue weighted by atomic mass is 10.2. The molecule has 0 aliphatic heterocycles. The highest BCUT2D eigenvalue weighted by Gasteiger charge is 2.10. The molecule has 23 heavy (non-hydrogen) atoms. The van der Waals surface area contributed by atoms with Crippen LogP contribution >= 0.6 is 11.6 Å². The minimum atomic E-state index is -0.376. The molecule has 0 aliphatic carbocycles. The molecule has 2 N–H and O–H groups in total. The fraction of sp³-hybridized carbons (Fsp3) is 0.0667. The van der Waals surface area contributed by atoms with Crippen molar-refractivity contribution in [1.29, 1.82) is 0 Å². The Morgan fingerprint density at radius 3 is 2.83 bits per heavy atom. The summed E-state index contributed by atoms with van der Waals surface area (Å²) in [7, 11) is 0. The van der Waals surface area contributed by atoms with E-state index in [0.717, 1.165) is 5.56 Å². The highest BCUT2D eigenvalue weighted by molar-refractivity contribution is 6.30. The van der Waals surface area contributed by atoms with Gasteiger partial charge in [-0.1, -0.05) is 28.9 Å². The van der Waals surface area contributed by atoms with E-state index in [9.17, 15) is 4.79 Å². The van der Waals surface area contributed by atoms with Crippen LogP contribution in [-0.4, -0.2) is 21.2 Å². The van der Waals surface area contributed by atoms with Crippen molar-refractivity contribution in [2.24, 2.45) is 0 Å². The van der Waals surface area contributed by atoms with Crippen LogP contribution in [0, 0.1) is 0 Å². The molecule has 1 aromatic carbocycles. The summed E-state index contributed by atoms with van der Waals surface area (Å²) in [6, 6.07) is 10.1. The van der Waals surface area contributed by atoms with Gasteiger partial charge in [-0.3, -0.25) is 4.98 Å². The first-order valence-corrected chi connectivity index (χ1v) is 7.12. The van der Waals surface area contributed by atoms with E-state index in [1.165, 1.54) is 0 Å². The predicted molar refractivity (Wildman–Crippen MR) is 84.8 cm³/mol. The Kier molecular flexibility index (Phi) is 4.49. The second-order valence-corrected chi connectivity index (χ2v) is 5.00. The Balaban J connectivity index is 1.58. The van der Waals surface area contributed by atoms with Gasteiger partial charge in [0, 0.05) is 28.7 Å². The highest BCUT2D eigenvalue weighted by Crippen LogP contribution is 2.19. The first kappa shape index (κ1) is 15.0. The number of hydrogen-bond acceptors (Lipinski definition) is 5. The number of rotatable bonds is 4. The van der Waals surface area contributed by atoms with E-state index in [2.05, 4.69) is 25.8 Å². The number of anilines is 1. The summed E-state index contributed by atoms with van der Waals surface area (Å²) < 4.78 is 5.10. The number of urea groups is 1. The lowest BCUT2D eigenvalue weighted by Gasteiger charge is -2.04. The molecule has 0 spiro atoms. The van der Waals surface area contributed by atoms with Crippen LogP contribution in [-0.2, 0) is 6.54 Å². The fourth-order valence-corrected chi connectivity index (χ4v) is 2.03. The highest BCUT2D eigenvalue weighted by atomic mass is 35.5. The maximum absolute atomic E-state index is 11.8. The van der Waals surface area contributed by atoms with Gasteiger partial charge in [-0.15, -0.1) is 0 Å². The summed E-state index contributed by atoms with van der Waals surface area (Å²) in [5.41, 5.74) is 1.39. The van der Waals surface area contributed by atoms with E-state index in [4.69, 9.17) is 16.1 Å². The van der Waals surface area contributed by atoms with Crippen molar-refractivity contribution in [2.45, 2.75) is 6.54 Å². The normalized spacial score (nSPS) is 10.3. The van der Waals surface area contributed by atoms with Crippen molar-refractivity contribution in [3.8, 4) is 11.4 Å². The summed E-state index contributed by atoms with van der Waals surface area (Å²) >= 11 is 5.93. The van der Waals surface area contributed by atoms with E-state index >= 15 is 0 Å². The maximum atomic E-state index is 11.8. The van der Waals surface area contributed by atoms with Crippen LogP contribution in [0.5, 0.6) is 0 Å². The number of aromatic nitrogens is 3. The molecule has 0 aliphatic rings. The molecule has 7 nitrogen and oxygen atoms in total. The molecule has 0 saturated carbocycles. The van der Waals surface area contributed by atoms with Crippen molar-refractivity contribution in [3.05, 3.63) is 59.7 Å². The molecular formula is C15H12ClN5O2. The Bertz CT molecular complexity index is 806. The van der Waals surface area contributed by atoms with Gasteiger partial charge in [0.1, 0.15) is 0 Å². The van der Waals surface area contributed by atoms with Crippen LogP contribution < -0.4 is 10.6 Å². The summed E-state index contributed by atoms with van der Waals surface area (Å²) in [5, 5.41) is 9.74. The zero-order chi connectivity index (χ0) is 16.1. The number of pyridine rings is 1. The van der Waals surface area contributed by atoms with Crippen LogP contribution in [0.25, 0.3) is 11.4 Å². The third-order valence-electron chi connectivity index (χ3n) is 2.89. The van der Waals surface area contributed by atoms with E-state index < -0.39 is 0 Å². The Morgan fingerprint density at radius 2 is 2.04 bits per heavy atom. The summed E-state index contributed by atoms with van der Waals surface area (Å²) in [4.78, 5) is 19.8. The van der Waals surface area contributed by atoms with E-state index in [0.29, 0.717) is 22.4 Å². The van der Waals surface area contributed by atoms with Crippen LogP contribution in [0.15, 0.2) is 53.3 Å². The molecule has 8 heteroatoms. The predicted octanol–water partition coefficient (Wildman–Crippen LogP) is 3.11. The first-order chi connectivity index (χ1) is 11.2. The Morgan fingerprint density at radius 1 is 1.22 bits per heavy atom. The molecule has 2 aromatic heterocycles. The minimum absolute atomic E-state index is 0.116. The molecule has 116 valence electrons. The van der Waals surface area contributed by atoms with E-state index in [-0.39, 0.29) is 12.6 Å². The van der Waals surface area contributed by atoms with Gasteiger partial charge in [0.2, 0.25) is 11.7 Å². The molecule has 3 aromatic rings. The topological polar surface area (TPSA) is 92.9 Å². The SMILES string of the molecule is O=C(NCc1nc(-c2cccc(Cl)c2)no1)Nc1ccncc1. The number of amides is 2. The van der Waals surface area contributed by atoms with Gasteiger partial charge in [0.25, 0.3) is 0 Å². The van der Waals surface area contributed by atoms with Crippen molar-refractivity contribution in [1.82, 2.24) is 20.4 Å². The molecule has 0 radical (unpaired) electrons. The van der Waals surface area contributed by atoms with Crippen LogP contribution in [0.1, 0.15) is 5.89 Å². The van der Waals surface area contributed by atoms with Gasteiger partial charge in [-0.05, 0) is 24.3 Å². The monoisotopic (exact) mass is 329 g/mol. The third-order valence-corrected chi connectivity index (χ3v) is 3.12. The van der Waals surface area contributed by atoms with Crippen LogP contribution in [0.4, 0.5) is 10.5 Å². The average Bonchev–Trinajstić information content (AvgIpc) is 3.03. The molecule has 2 heterocycles. The van der Waals surface area contributed by atoms with Gasteiger partial charge in [-0.25, -0.2) is 4.79 Å². The van der Waals surface area contributed by atoms with Crippen molar-refractivity contribution < 1.29 is 9.32 Å². The summed E-state index contributed by atoms with van der Waals surface area (Å²) in [5.74, 6) is 0.712. The number of carbonyl (C=O) groups is 1. The maximum Gasteiger partial charge on any atom is 0.319 e. The second kappa shape index (κ2) is 6.89. The molecular weight excluding hydrogens is 318 g/mol. The number of carbonyl (C=O) groups excluding carboxylic acids is 1. The average molecular weight is 330 g/mol. The minimum Gasteiger partial charge on any atom is -0.337 e. The number of halogens is 1. The zero-order valence-corrected chi connectivity index (χ0v) is 12.6. The Labute approximate surface area is 136 Å². The quantitative estimate of drug-likeness (QED) is 0.767. The number of hydrogen-bond donors (Lipinski definition) is 2. The van der Waals surface area contributed by atoms with Crippen LogP contribution in [0.2, 0.25) is 5.02 Å². The van der Waals surface area contributed by atoms with Gasteiger partial charge in [0.15, 0.2) is 0 Å². The van der Waals surface area contributed by atoms with Crippen LogP contribution in [0.3, 0.4) is 0 Å². The first-order valence-electron chi connectivity index (χ1n) is 6.74. The summed E-state index contributed by atoms with van der Waals surface area (Å²) in [6.07, 6.45) is 3.18. The number of nitrogens with one attached hydrogen (secondary N) is 2. The van der Waals surface area contributed by atoms with Crippen molar-refractivity contribution in [2.75, 3.05) is 5.32 Å². The molecule has 2 amide bonds. The van der Waals surface area contributed by atoms with Gasteiger partial charge in [-0.2, -0.15) is 4.98 Å². The zero-order valence-electron chi connectivity index (χ0n) is 11.9. The standard InChI is InChI=1S/C15H12ClN5O2/c16-11-3-1-2-10(8-11)14-20-13(23-21-14)9-18-15(22)19-12-4-6-17-7-5-12/h1-8H,9H2,(H2,17,18,19,22). The molecule has 0 bridgehead atoms. The molecule has 0 atom stereocenters. The summed E-state index contributed by atoms with van der Waals surface area (Å²) in [6.45, 7) is 0.116. The smallest absolute Gasteiger partial charge is 0.319 e. The second-order valence-electron chi connectivity index (χ2n) is 4.57.